The molecule has 4 aliphatic rings. The molecule has 0 radical (unpaired) electrons. The standard InChI is InChI=1S/C24H30N2O5/c1-30-23(29)21(24-9-13-4-14(10-24)6-15(5-13)11-24)31-22(28)19(25)7-16-12-26-20-3-2-17(27)8-18(16)20/h2-3,8,12-15,19,21,26-27H,4-7,9-11,25H2,1H3. The lowest BCUT2D eigenvalue weighted by molar-refractivity contribution is -0.192. The number of aromatic amines is 1. The number of fused-ring (bicyclic) bond motifs is 1. The van der Waals surface area contributed by atoms with Crippen molar-refractivity contribution in [3.8, 4) is 5.75 Å². The van der Waals surface area contributed by atoms with E-state index >= 15 is 0 Å². The van der Waals surface area contributed by atoms with E-state index in [-0.39, 0.29) is 17.6 Å². The Hall–Kier alpha value is -2.54. The molecule has 4 fully saturated rings. The number of nitrogens with two attached hydrogens (primary N) is 1. The topological polar surface area (TPSA) is 115 Å². The van der Waals surface area contributed by atoms with Crippen LogP contribution >= 0.6 is 0 Å². The number of carbonyl (C=O) groups excluding carboxylic acids is 2. The van der Waals surface area contributed by atoms with Gasteiger partial charge in [-0.1, -0.05) is 0 Å². The third kappa shape index (κ3) is 3.59. The third-order valence-corrected chi connectivity index (χ3v) is 7.78. The van der Waals surface area contributed by atoms with E-state index in [1.165, 1.54) is 26.4 Å². The van der Waals surface area contributed by atoms with Crippen molar-refractivity contribution < 1.29 is 24.2 Å². The SMILES string of the molecule is COC(=O)C(OC(=O)C(N)Cc1c[nH]c2ccc(O)cc12)C12CC3CC(CC(C3)C1)C2. The number of nitrogens with one attached hydrogen (secondary N) is 1. The maximum absolute atomic E-state index is 13.0. The van der Waals surface area contributed by atoms with Crippen molar-refractivity contribution in [1.82, 2.24) is 4.98 Å². The van der Waals surface area contributed by atoms with Crippen LogP contribution in [0.2, 0.25) is 0 Å². The molecule has 2 atom stereocenters. The van der Waals surface area contributed by atoms with Gasteiger partial charge in [-0.2, -0.15) is 0 Å². The minimum absolute atomic E-state index is 0.150. The summed E-state index contributed by atoms with van der Waals surface area (Å²) in [5.41, 5.74) is 7.58. The van der Waals surface area contributed by atoms with Gasteiger partial charge in [0.1, 0.15) is 11.8 Å². The summed E-state index contributed by atoms with van der Waals surface area (Å²) in [6.07, 6.45) is 7.59. The largest absolute Gasteiger partial charge is 0.508 e. The highest BCUT2D eigenvalue weighted by atomic mass is 16.6. The van der Waals surface area contributed by atoms with E-state index < -0.39 is 24.1 Å². The van der Waals surface area contributed by atoms with Gasteiger partial charge in [0.2, 0.25) is 6.10 Å². The number of aromatic hydroxyl groups is 1. The van der Waals surface area contributed by atoms with Gasteiger partial charge in [0, 0.05) is 28.9 Å². The van der Waals surface area contributed by atoms with Crippen molar-refractivity contribution in [3.63, 3.8) is 0 Å². The number of esters is 2. The van der Waals surface area contributed by atoms with Crippen LogP contribution in [0.5, 0.6) is 5.75 Å². The van der Waals surface area contributed by atoms with Gasteiger partial charge in [-0.15, -0.1) is 0 Å². The molecular formula is C24H30N2O5. The Balaban J connectivity index is 1.34. The number of aromatic nitrogens is 1. The molecule has 1 aromatic heterocycles. The van der Waals surface area contributed by atoms with E-state index in [9.17, 15) is 14.7 Å². The molecule has 0 spiro atoms. The summed E-state index contributed by atoms with van der Waals surface area (Å²) in [6, 6.07) is 4.11. The van der Waals surface area contributed by atoms with Gasteiger partial charge in [-0.25, -0.2) is 4.79 Å². The number of phenolic OH excluding ortho intramolecular Hbond substituents is 1. The molecule has 1 aromatic carbocycles. The summed E-state index contributed by atoms with van der Waals surface area (Å²) in [5.74, 6) is 0.941. The molecule has 7 heteroatoms. The van der Waals surface area contributed by atoms with Crippen LogP contribution in [0.15, 0.2) is 24.4 Å². The summed E-state index contributed by atoms with van der Waals surface area (Å²) in [4.78, 5) is 28.8. The van der Waals surface area contributed by atoms with Gasteiger partial charge in [0.05, 0.1) is 7.11 Å². The number of carbonyl (C=O) groups is 2. The predicted octanol–water partition coefficient (Wildman–Crippen LogP) is 3.04. The predicted molar refractivity (Wildman–Crippen MR) is 114 cm³/mol. The van der Waals surface area contributed by atoms with Crippen LogP contribution in [0.25, 0.3) is 10.9 Å². The summed E-state index contributed by atoms with van der Waals surface area (Å²) in [5, 5.41) is 10.6. The number of rotatable bonds is 6. The maximum Gasteiger partial charge on any atom is 0.347 e. The van der Waals surface area contributed by atoms with E-state index in [0.29, 0.717) is 17.8 Å². The Bertz CT molecular complexity index is 977. The lowest BCUT2D eigenvalue weighted by atomic mass is 9.48. The van der Waals surface area contributed by atoms with Gasteiger partial charge in [-0.3, -0.25) is 4.79 Å². The highest BCUT2D eigenvalue weighted by Gasteiger charge is 2.58. The summed E-state index contributed by atoms with van der Waals surface area (Å²) in [7, 11) is 1.35. The molecule has 2 aromatic rings. The Morgan fingerprint density at radius 2 is 1.81 bits per heavy atom. The first kappa shape index (κ1) is 20.4. The zero-order chi connectivity index (χ0) is 21.8. The fraction of sp³-hybridized carbons (Fsp3) is 0.583. The van der Waals surface area contributed by atoms with Crippen molar-refractivity contribution >= 4 is 22.8 Å². The monoisotopic (exact) mass is 426 g/mol. The fourth-order valence-electron chi connectivity index (χ4n) is 6.89. The molecule has 166 valence electrons. The summed E-state index contributed by atoms with van der Waals surface area (Å²) >= 11 is 0. The Kier molecular flexibility index (Phi) is 4.96. The molecule has 4 bridgehead atoms. The van der Waals surface area contributed by atoms with Crippen molar-refractivity contribution in [2.75, 3.05) is 7.11 Å². The molecule has 7 nitrogen and oxygen atoms in total. The van der Waals surface area contributed by atoms with Gasteiger partial charge in [0.15, 0.2) is 0 Å². The first-order chi connectivity index (χ1) is 14.9. The number of benzene rings is 1. The lowest BCUT2D eigenvalue weighted by Crippen LogP contribution is -2.56. The van der Waals surface area contributed by atoms with E-state index in [0.717, 1.165) is 35.7 Å². The molecule has 0 aliphatic heterocycles. The number of phenols is 1. The second-order valence-corrected chi connectivity index (χ2v) is 9.97. The van der Waals surface area contributed by atoms with Gasteiger partial charge >= 0.3 is 11.9 Å². The molecule has 1 heterocycles. The van der Waals surface area contributed by atoms with Crippen LogP contribution in [0.4, 0.5) is 0 Å². The third-order valence-electron chi connectivity index (χ3n) is 7.78. The van der Waals surface area contributed by atoms with E-state index in [1.54, 1.807) is 24.4 Å². The second kappa shape index (κ2) is 7.55. The van der Waals surface area contributed by atoms with Gasteiger partial charge in [0.25, 0.3) is 0 Å². The summed E-state index contributed by atoms with van der Waals surface area (Å²) in [6.45, 7) is 0. The molecule has 4 aliphatic carbocycles. The second-order valence-electron chi connectivity index (χ2n) is 9.97. The van der Waals surface area contributed by atoms with Gasteiger partial charge in [-0.05, 0) is 80.0 Å². The van der Waals surface area contributed by atoms with Crippen LogP contribution in [0.3, 0.4) is 0 Å². The van der Waals surface area contributed by atoms with E-state index in [1.807, 2.05) is 0 Å². The first-order valence-electron chi connectivity index (χ1n) is 11.2. The van der Waals surface area contributed by atoms with Crippen molar-refractivity contribution in [3.05, 3.63) is 30.0 Å². The number of hydrogen-bond donors (Lipinski definition) is 3. The van der Waals surface area contributed by atoms with Crippen molar-refractivity contribution in [1.29, 1.82) is 0 Å². The van der Waals surface area contributed by atoms with E-state index in [4.69, 9.17) is 15.2 Å². The molecule has 31 heavy (non-hydrogen) atoms. The number of methoxy groups -OCH3 is 1. The highest BCUT2D eigenvalue weighted by molar-refractivity contribution is 5.86. The molecule has 0 saturated heterocycles. The van der Waals surface area contributed by atoms with Crippen LogP contribution in [-0.2, 0) is 25.5 Å². The Labute approximate surface area is 181 Å². The van der Waals surface area contributed by atoms with E-state index in [2.05, 4.69) is 4.98 Å². The minimum Gasteiger partial charge on any atom is -0.508 e. The minimum atomic E-state index is -0.914. The van der Waals surface area contributed by atoms with Gasteiger partial charge < -0.3 is 25.3 Å². The first-order valence-corrected chi connectivity index (χ1v) is 11.2. The number of ether oxygens (including phenoxy) is 2. The average molecular weight is 427 g/mol. The summed E-state index contributed by atoms with van der Waals surface area (Å²) < 4.78 is 10.9. The molecule has 4 saturated carbocycles. The average Bonchev–Trinajstić information content (AvgIpc) is 3.12. The fourth-order valence-corrected chi connectivity index (χ4v) is 6.89. The molecule has 0 amide bonds. The van der Waals surface area contributed by atoms with Crippen LogP contribution in [0.1, 0.15) is 44.1 Å². The number of hydrogen-bond acceptors (Lipinski definition) is 6. The lowest BCUT2D eigenvalue weighted by Gasteiger charge is -2.58. The molecular weight excluding hydrogens is 396 g/mol. The zero-order valence-electron chi connectivity index (χ0n) is 17.8. The smallest absolute Gasteiger partial charge is 0.347 e. The van der Waals surface area contributed by atoms with Crippen LogP contribution < -0.4 is 5.73 Å². The zero-order valence-corrected chi connectivity index (χ0v) is 17.8. The van der Waals surface area contributed by atoms with Crippen molar-refractivity contribution in [2.24, 2.45) is 28.9 Å². The Morgan fingerprint density at radius 3 is 2.42 bits per heavy atom. The molecule has 4 N–H and O–H groups in total. The van der Waals surface area contributed by atoms with Crippen molar-refractivity contribution in [2.45, 2.75) is 57.1 Å². The quantitative estimate of drug-likeness (QED) is 0.612. The Morgan fingerprint density at radius 1 is 1.16 bits per heavy atom. The molecule has 6 rings (SSSR count). The number of H-pyrrole nitrogens is 1. The normalized spacial score (nSPS) is 30.8. The maximum atomic E-state index is 13.0. The van der Waals surface area contributed by atoms with Crippen LogP contribution in [-0.4, -0.2) is 41.3 Å². The highest BCUT2D eigenvalue weighted by Crippen LogP contribution is 2.61. The van der Waals surface area contributed by atoms with Crippen LogP contribution in [0, 0.1) is 23.2 Å². The molecule has 2 unspecified atom stereocenters.